The van der Waals surface area contributed by atoms with Gasteiger partial charge in [0.1, 0.15) is 11.5 Å². The van der Waals surface area contributed by atoms with Crippen molar-refractivity contribution < 1.29 is 33.0 Å². The second-order valence-electron chi connectivity index (χ2n) is 7.74. The van der Waals surface area contributed by atoms with Gasteiger partial charge in [-0.15, -0.1) is 0 Å². The van der Waals surface area contributed by atoms with Gasteiger partial charge in [0.25, 0.3) is 11.7 Å². The number of methoxy groups -OCH3 is 1. The van der Waals surface area contributed by atoms with Crippen molar-refractivity contribution in [3.05, 3.63) is 65.2 Å². The number of ether oxygens (including phenoxy) is 1. The molecule has 1 aliphatic heterocycles. The maximum absolute atomic E-state index is 12.9. The lowest BCUT2D eigenvalue weighted by Gasteiger charge is -2.25. The number of Topliss-reactive ketones (excluding diaryl/α,β-unsaturated/α-hetero) is 1. The average molecular weight is 475 g/mol. The Bertz CT molecular complexity index is 1170. The van der Waals surface area contributed by atoms with Crippen LogP contribution >= 0.6 is 0 Å². The number of carbonyl (C=O) groups is 2. The van der Waals surface area contributed by atoms with E-state index >= 15 is 0 Å². The maximum atomic E-state index is 12.9. The number of rotatable bonds is 8. The Labute approximate surface area is 192 Å². The molecule has 1 heterocycles. The third-order valence-electron chi connectivity index (χ3n) is 5.40. The Balaban J connectivity index is 2.09. The summed E-state index contributed by atoms with van der Waals surface area (Å²) in [5.41, 5.74) is 0.635. The molecule has 0 saturated carbocycles. The monoisotopic (exact) mass is 474 g/mol. The number of hydrogen-bond donors (Lipinski definition) is 2. The highest BCUT2D eigenvalue weighted by molar-refractivity contribution is 7.89. The SMILES string of the molecule is COCCCN1C(=O)C(=O)/C(=C(/O)c2ccc(S(=O)(=O)N(C)C)cc2)[C@H]1c1ccc(O)cc1. The molecule has 33 heavy (non-hydrogen) atoms. The standard InChI is InChI=1S/C23H26N2O7S/c1-24(2)33(30,31)18-11-7-16(8-12-18)21(27)19-20(15-5-9-17(26)10-6-15)25(13-4-14-32-3)23(29)22(19)28/h5-12,20,26-27H,4,13-14H2,1-3H3/b21-19+/t20-/m1/s1. The Morgan fingerprint density at radius 1 is 1.06 bits per heavy atom. The first-order chi connectivity index (χ1) is 15.6. The zero-order valence-electron chi connectivity index (χ0n) is 18.6. The summed E-state index contributed by atoms with van der Waals surface area (Å²) >= 11 is 0. The van der Waals surface area contributed by atoms with Gasteiger partial charge in [-0.3, -0.25) is 9.59 Å². The van der Waals surface area contributed by atoms with Gasteiger partial charge >= 0.3 is 0 Å². The van der Waals surface area contributed by atoms with E-state index in [9.17, 15) is 28.2 Å². The quantitative estimate of drug-likeness (QED) is 0.260. The van der Waals surface area contributed by atoms with Crippen LogP contribution in [0.5, 0.6) is 5.75 Å². The lowest BCUT2D eigenvalue weighted by Crippen LogP contribution is -2.31. The molecule has 0 bridgehead atoms. The summed E-state index contributed by atoms with van der Waals surface area (Å²) in [6.45, 7) is 0.605. The van der Waals surface area contributed by atoms with Crippen LogP contribution in [0.25, 0.3) is 5.76 Å². The van der Waals surface area contributed by atoms with Crippen LogP contribution in [0, 0.1) is 0 Å². The van der Waals surface area contributed by atoms with Gasteiger partial charge in [-0.1, -0.05) is 12.1 Å². The lowest BCUT2D eigenvalue weighted by atomic mass is 9.95. The van der Waals surface area contributed by atoms with Crippen molar-refractivity contribution >= 4 is 27.5 Å². The van der Waals surface area contributed by atoms with E-state index in [0.717, 1.165) is 4.31 Å². The van der Waals surface area contributed by atoms with Gasteiger partial charge in [0, 0.05) is 39.9 Å². The Hall–Kier alpha value is -3.21. The van der Waals surface area contributed by atoms with Crippen LogP contribution in [0.3, 0.4) is 0 Å². The molecule has 2 N–H and O–H groups in total. The zero-order chi connectivity index (χ0) is 24.3. The third-order valence-corrected chi connectivity index (χ3v) is 7.23. The Morgan fingerprint density at radius 3 is 2.21 bits per heavy atom. The fourth-order valence-electron chi connectivity index (χ4n) is 3.64. The number of aliphatic hydroxyl groups excluding tert-OH is 1. The summed E-state index contributed by atoms with van der Waals surface area (Å²) < 4.78 is 30.7. The number of phenolic OH excluding ortho intramolecular Hbond substituents is 1. The van der Waals surface area contributed by atoms with Crippen LogP contribution in [0.15, 0.2) is 59.0 Å². The molecule has 1 aliphatic rings. The second kappa shape index (κ2) is 9.74. The molecule has 10 heteroatoms. The number of nitrogens with zero attached hydrogens (tertiary/aromatic N) is 2. The predicted molar refractivity (Wildman–Crippen MR) is 121 cm³/mol. The van der Waals surface area contributed by atoms with E-state index in [1.54, 1.807) is 12.1 Å². The summed E-state index contributed by atoms with van der Waals surface area (Å²) in [6, 6.07) is 10.6. The molecule has 9 nitrogen and oxygen atoms in total. The minimum absolute atomic E-state index is 0.0211. The van der Waals surface area contributed by atoms with Gasteiger partial charge in [-0.05, 0) is 48.4 Å². The van der Waals surface area contributed by atoms with Crippen molar-refractivity contribution in [3.8, 4) is 5.75 Å². The van der Waals surface area contributed by atoms with E-state index in [4.69, 9.17) is 4.74 Å². The van der Waals surface area contributed by atoms with Crippen LogP contribution in [0.2, 0.25) is 0 Å². The van der Waals surface area contributed by atoms with Crippen molar-refractivity contribution in [2.45, 2.75) is 17.4 Å². The summed E-state index contributed by atoms with van der Waals surface area (Å²) in [4.78, 5) is 27.1. The number of benzene rings is 2. The fourth-order valence-corrected chi connectivity index (χ4v) is 4.55. The van der Waals surface area contributed by atoms with Gasteiger partial charge in [0.05, 0.1) is 16.5 Å². The lowest BCUT2D eigenvalue weighted by molar-refractivity contribution is -0.140. The predicted octanol–water partition coefficient (Wildman–Crippen LogP) is 2.10. The molecule has 1 amide bonds. The van der Waals surface area contributed by atoms with E-state index in [-0.39, 0.29) is 28.3 Å². The van der Waals surface area contributed by atoms with Gasteiger partial charge in [0.2, 0.25) is 10.0 Å². The number of ketones is 1. The second-order valence-corrected chi connectivity index (χ2v) is 9.89. The third kappa shape index (κ3) is 4.77. The van der Waals surface area contributed by atoms with Crippen molar-refractivity contribution in [1.29, 1.82) is 0 Å². The highest BCUT2D eigenvalue weighted by Gasteiger charge is 2.45. The number of carbonyl (C=O) groups excluding carboxylic acids is 2. The number of sulfonamides is 1. The summed E-state index contributed by atoms with van der Waals surface area (Å²) in [5.74, 6) is -1.98. The van der Waals surface area contributed by atoms with E-state index in [1.165, 1.54) is 62.5 Å². The number of hydrogen-bond acceptors (Lipinski definition) is 7. The maximum Gasteiger partial charge on any atom is 0.295 e. The Kier molecular flexibility index (Phi) is 7.21. The van der Waals surface area contributed by atoms with Gasteiger partial charge in [0.15, 0.2) is 0 Å². The molecule has 0 radical (unpaired) electrons. The van der Waals surface area contributed by atoms with Crippen LogP contribution in [0.1, 0.15) is 23.6 Å². The zero-order valence-corrected chi connectivity index (χ0v) is 19.4. The first-order valence-corrected chi connectivity index (χ1v) is 11.6. The van der Waals surface area contributed by atoms with Crippen LogP contribution in [0.4, 0.5) is 0 Å². The first-order valence-electron chi connectivity index (χ1n) is 10.2. The molecule has 0 aromatic heterocycles. The summed E-state index contributed by atoms with van der Waals surface area (Å²) in [5, 5.41) is 20.7. The normalized spacial score (nSPS) is 18.3. The number of phenols is 1. The smallest absolute Gasteiger partial charge is 0.295 e. The van der Waals surface area contributed by atoms with Gasteiger partial charge < -0.3 is 19.8 Å². The molecule has 3 rings (SSSR count). The van der Waals surface area contributed by atoms with Crippen molar-refractivity contribution in [2.24, 2.45) is 0 Å². The molecular formula is C23H26N2O7S. The minimum atomic E-state index is -3.67. The van der Waals surface area contributed by atoms with E-state index in [0.29, 0.717) is 18.6 Å². The van der Waals surface area contributed by atoms with Crippen molar-refractivity contribution in [1.82, 2.24) is 9.21 Å². The van der Waals surface area contributed by atoms with Crippen molar-refractivity contribution in [3.63, 3.8) is 0 Å². The van der Waals surface area contributed by atoms with E-state index < -0.39 is 33.5 Å². The molecule has 2 aromatic carbocycles. The molecule has 1 saturated heterocycles. The molecule has 1 atom stereocenters. The topological polar surface area (TPSA) is 124 Å². The van der Waals surface area contributed by atoms with Crippen LogP contribution in [-0.4, -0.2) is 73.9 Å². The number of likely N-dealkylation sites (tertiary alicyclic amines) is 1. The molecule has 176 valence electrons. The molecular weight excluding hydrogens is 448 g/mol. The average Bonchev–Trinajstić information content (AvgIpc) is 3.04. The van der Waals surface area contributed by atoms with Crippen LogP contribution in [-0.2, 0) is 24.3 Å². The van der Waals surface area contributed by atoms with Crippen molar-refractivity contribution in [2.75, 3.05) is 34.4 Å². The van der Waals surface area contributed by atoms with Gasteiger partial charge in [-0.25, -0.2) is 12.7 Å². The Morgan fingerprint density at radius 2 is 1.67 bits per heavy atom. The highest BCUT2D eigenvalue weighted by atomic mass is 32.2. The molecule has 1 fully saturated rings. The number of aliphatic hydroxyl groups is 1. The molecule has 0 spiro atoms. The fraction of sp³-hybridized carbons (Fsp3) is 0.304. The largest absolute Gasteiger partial charge is 0.508 e. The summed E-state index contributed by atoms with van der Waals surface area (Å²) in [6.07, 6.45) is 0.481. The van der Waals surface area contributed by atoms with E-state index in [1.807, 2.05) is 0 Å². The van der Waals surface area contributed by atoms with E-state index in [2.05, 4.69) is 0 Å². The molecule has 0 unspecified atom stereocenters. The minimum Gasteiger partial charge on any atom is -0.508 e. The first kappa shape index (κ1) is 24.4. The number of aromatic hydroxyl groups is 1. The number of amides is 1. The van der Waals surface area contributed by atoms with Crippen LogP contribution < -0.4 is 0 Å². The molecule has 2 aromatic rings. The molecule has 0 aliphatic carbocycles. The summed E-state index contributed by atoms with van der Waals surface area (Å²) in [7, 11) is 0.684. The highest BCUT2D eigenvalue weighted by Crippen LogP contribution is 2.40. The van der Waals surface area contributed by atoms with Gasteiger partial charge in [-0.2, -0.15) is 0 Å².